The maximum atomic E-state index is 2.38. The lowest BCUT2D eigenvalue weighted by atomic mass is 9.94. The summed E-state index contributed by atoms with van der Waals surface area (Å²) < 4.78 is 0. The molecule has 1 unspecified atom stereocenters. The Bertz CT molecular complexity index is 84.0. The molecule has 0 aromatic rings. The van der Waals surface area contributed by atoms with E-state index in [1.165, 1.54) is 19.3 Å². The average molecular weight is 126 g/mol. The molecule has 1 fully saturated rings. The lowest BCUT2D eigenvalue weighted by molar-refractivity contribution is 0.384. The summed E-state index contributed by atoms with van der Waals surface area (Å²) in [6.07, 6.45) is 4.44. The van der Waals surface area contributed by atoms with Crippen molar-refractivity contribution in [1.29, 1.82) is 0 Å². The molecular formula is C9H18. The van der Waals surface area contributed by atoms with Crippen LogP contribution >= 0.6 is 0 Å². The van der Waals surface area contributed by atoms with E-state index in [1.54, 1.807) is 0 Å². The van der Waals surface area contributed by atoms with Crippen LogP contribution in [0.4, 0.5) is 0 Å². The average Bonchev–Trinajstić information content (AvgIpc) is 2.14. The highest BCUT2D eigenvalue weighted by atomic mass is 14.3. The predicted octanol–water partition coefficient (Wildman–Crippen LogP) is 3.08. The molecule has 0 aromatic heterocycles. The van der Waals surface area contributed by atoms with E-state index in [4.69, 9.17) is 0 Å². The third-order valence-electron chi connectivity index (χ3n) is 2.68. The molecule has 1 aliphatic carbocycles. The van der Waals surface area contributed by atoms with E-state index in [0.717, 1.165) is 17.8 Å². The van der Waals surface area contributed by atoms with Gasteiger partial charge in [0, 0.05) is 0 Å². The van der Waals surface area contributed by atoms with Gasteiger partial charge in [-0.1, -0.05) is 27.2 Å². The fraction of sp³-hybridized carbons (Fsp3) is 1.00. The Morgan fingerprint density at radius 3 is 2.11 bits per heavy atom. The minimum atomic E-state index is 0.926. The van der Waals surface area contributed by atoms with E-state index in [0.29, 0.717) is 0 Å². The van der Waals surface area contributed by atoms with Crippen LogP contribution in [0.5, 0.6) is 0 Å². The third-order valence-corrected chi connectivity index (χ3v) is 2.68. The van der Waals surface area contributed by atoms with Crippen molar-refractivity contribution >= 4 is 0 Å². The maximum absolute atomic E-state index is 2.38. The fourth-order valence-electron chi connectivity index (χ4n) is 1.86. The van der Waals surface area contributed by atoms with Crippen LogP contribution in [0.25, 0.3) is 0 Å². The second-order valence-corrected chi connectivity index (χ2v) is 3.92. The number of hydrogen-bond acceptors (Lipinski definition) is 0. The summed E-state index contributed by atoms with van der Waals surface area (Å²) in [4.78, 5) is 0. The molecule has 9 heavy (non-hydrogen) atoms. The Balaban J connectivity index is 2.30. The van der Waals surface area contributed by atoms with Gasteiger partial charge in [0.2, 0.25) is 0 Å². The van der Waals surface area contributed by atoms with Gasteiger partial charge < -0.3 is 0 Å². The highest BCUT2D eigenvalue weighted by Gasteiger charge is 2.23. The molecule has 0 amide bonds. The maximum Gasteiger partial charge on any atom is -0.0388 e. The molecule has 0 aromatic carbocycles. The third kappa shape index (κ3) is 1.70. The number of rotatable bonds is 1. The van der Waals surface area contributed by atoms with Crippen molar-refractivity contribution in [1.82, 2.24) is 0 Å². The van der Waals surface area contributed by atoms with Crippen molar-refractivity contribution in [2.24, 2.45) is 17.8 Å². The monoisotopic (exact) mass is 126 g/mol. The van der Waals surface area contributed by atoms with Gasteiger partial charge in [-0.15, -0.1) is 0 Å². The van der Waals surface area contributed by atoms with Crippen LogP contribution in [0.3, 0.4) is 0 Å². The van der Waals surface area contributed by atoms with E-state index in [1.807, 2.05) is 0 Å². The molecule has 1 rings (SSSR count). The predicted molar refractivity (Wildman–Crippen MR) is 41.3 cm³/mol. The molecule has 0 spiro atoms. The van der Waals surface area contributed by atoms with Crippen molar-refractivity contribution in [3.8, 4) is 0 Å². The minimum absolute atomic E-state index is 0.926. The van der Waals surface area contributed by atoms with E-state index < -0.39 is 0 Å². The Hall–Kier alpha value is 0. The lowest BCUT2D eigenvalue weighted by Crippen LogP contribution is -2.02. The molecule has 0 nitrogen and oxygen atoms in total. The van der Waals surface area contributed by atoms with Gasteiger partial charge in [0.05, 0.1) is 0 Å². The van der Waals surface area contributed by atoms with Crippen molar-refractivity contribution in [2.75, 3.05) is 0 Å². The second kappa shape index (κ2) is 2.72. The van der Waals surface area contributed by atoms with Gasteiger partial charge in [0.25, 0.3) is 0 Å². The van der Waals surface area contributed by atoms with Crippen molar-refractivity contribution in [3.05, 3.63) is 0 Å². The summed E-state index contributed by atoms with van der Waals surface area (Å²) in [7, 11) is 0. The van der Waals surface area contributed by atoms with Crippen LogP contribution in [-0.2, 0) is 0 Å². The molecule has 2 atom stereocenters. The van der Waals surface area contributed by atoms with Gasteiger partial charge in [-0.05, 0) is 30.6 Å². The normalized spacial score (nSPS) is 36.0. The molecule has 54 valence electrons. The lowest BCUT2D eigenvalue weighted by Gasteiger charge is -2.12. The molecule has 0 heterocycles. The molecular weight excluding hydrogens is 108 g/mol. The second-order valence-electron chi connectivity index (χ2n) is 3.92. The van der Waals surface area contributed by atoms with Crippen LogP contribution < -0.4 is 0 Å². The molecule has 0 bridgehead atoms. The Morgan fingerprint density at radius 1 is 1.22 bits per heavy atom. The van der Waals surface area contributed by atoms with E-state index in [9.17, 15) is 0 Å². The molecule has 1 aliphatic rings. The van der Waals surface area contributed by atoms with Gasteiger partial charge in [-0.2, -0.15) is 0 Å². The van der Waals surface area contributed by atoms with Gasteiger partial charge in [-0.3, -0.25) is 0 Å². The zero-order chi connectivity index (χ0) is 6.85. The topological polar surface area (TPSA) is 0 Å². The van der Waals surface area contributed by atoms with Crippen LogP contribution in [0, 0.1) is 17.8 Å². The van der Waals surface area contributed by atoms with Crippen molar-refractivity contribution in [3.63, 3.8) is 0 Å². The first-order chi connectivity index (χ1) is 4.20. The van der Waals surface area contributed by atoms with Gasteiger partial charge in [0.15, 0.2) is 0 Å². The first kappa shape index (κ1) is 7.11. The van der Waals surface area contributed by atoms with Gasteiger partial charge in [0.1, 0.15) is 0 Å². The summed E-state index contributed by atoms with van der Waals surface area (Å²) in [6, 6.07) is 0. The Kier molecular flexibility index (Phi) is 2.15. The van der Waals surface area contributed by atoms with Crippen LogP contribution in [-0.4, -0.2) is 0 Å². The summed E-state index contributed by atoms with van der Waals surface area (Å²) >= 11 is 0. The quantitative estimate of drug-likeness (QED) is 0.506. The van der Waals surface area contributed by atoms with Crippen LogP contribution in [0.15, 0.2) is 0 Å². The van der Waals surface area contributed by atoms with Crippen molar-refractivity contribution < 1.29 is 0 Å². The molecule has 0 saturated heterocycles. The zero-order valence-corrected chi connectivity index (χ0v) is 6.85. The molecule has 0 N–H and O–H groups in total. The van der Waals surface area contributed by atoms with E-state index in [2.05, 4.69) is 20.8 Å². The number of hydrogen-bond donors (Lipinski definition) is 0. The largest absolute Gasteiger partial charge is 0.0625 e. The SMILES string of the molecule is CC1CC[C@H](C(C)C)C1. The summed E-state index contributed by atoms with van der Waals surface area (Å²) in [5.74, 6) is 2.98. The zero-order valence-electron chi connectivity index (χ0n) is 6.85. The molecule has 0 aliphatic heterocycles. The Labute approximate surface area is 58.7 Å². The van der Waals surface area contributed by atoms with E-state index >= 15 is 0 Å². The van der Waals surface area contributed by atoms with Crippen LogP contribution in [0.2, 0.25) is 0 Å². The van der Waals surface area contributed by atoms with E-state index in [-0.39, 0.29) is 0 Å². The van der Waals surface area contributed by atoms with Crippen molar-refractivity contribution in [2.45, 2.75) is 40.0 Å². The molecule has 1 saturated carbocycles. The molecule has 0 radical (unpaired) electrons. The van der Waals surface area contributed by atoms with Crippen LogP contribution in [0.1, 0.15) is 40.0 Å². The summed E-state index contributed by atoms with van der Waals surface area (Å²) in [6.45, 7) is 7.08. The van der Waals surface area contributed by atoms with Gasteiger partial charge in [-0.25, -0.2) is 0 Å². The highest BCUT2D eigenvalue weighted by molar-refractivity contribution is 4.74. The molecule has 0 heteroatoms. The standard InChI is InChI=1S/C9H18/c1-7(2)9-5-4-8(3)6-9/h7-9H,4-6H2,1-3H3/t8?,9-/m0/s1. The summed E-state index contributed by atoms with van der Waals surface area (Å²) in [5, 5.41) is 0. The minimum Gasteiger partial charge on any atom is -0.0625 e. The Morgan fingerprint density at radius 2 is 1.89 bits per heavy atom. The first-order valence-corrected chi connectivity index (χ1v) is 4.20. The summed E-state index contributed by atoms with van der Waals surface area (Å²) in [5.41, 5.74) is 0. The fourth-order valence-corrected chi connectivity index (χ4v) is 1.86. The first-order valence-electron chi connectivity index (χ1n) is 4.20. The smallest absolute Gasteiger partial charge is 0.0388 e. The van der Waals surface area contributed by atoms with Gasteiger partial charge >= 0.3 is 0 Å². The highest BCUT2D eigenvalue weighted by Crippen LogP contribution is 2.34.